The molecule has 13 N–H and O–H groups in total. The number of rotatable bonds is 36. The zero-order chi connectivity index (χ0) is 50.1. The van der Waals surface area contributed by atoms with E-state index in [2.05, 4.69) is 19.2 Å². The van der Waals surface area contributed by atoms with E-state index in [1.807, 2.05) is 0 Å². The first-order chi connectivity index (χ1) is 32.7. The molecular weight excluding hydrogens is 895 g/mol. The van der Waals surface area contributed by atoms with Gasteiger partial charge in [0.05, 0.1) is 39.6 Å². The molecular formula is C48H91NO19. The second-order valence-corrected chi connectivity index (χ2v) is 19.4. The van der Waals surface area contributed by atoms with Gasteiger partial charge in [0.2, 0.25) is 5.91 Å². The molecule has 3 aliphatic heterocycles. The maximum Gasteiger partial charge on any atom is 0.223 e. The number of ether oxygens (including phenoxy) is 6. The second-order valence-electron chi connectivity index (χ2n) is 19.4. The Labute approximate surface area is 403 Å². The molecule has 402 valence electrons. The molecule has 0 saturated carbocycles. The Kier molecular flexibility index (Phi) is 30.1. The Morgan fingerprint density at radius 2 is 0.691 bits per heavy atom. The zero-order valence-electron chi connectivity index (χ0n) is 40.8. The summed E-state index contributed by atoms with van der Waals surface area (Å²) in [6.45, 7) is -0.0543. The highest BCUT2D eigenvalue weighted by molar-refractivity contribution is 5.79. The van der Waals surface area contributed by atoms with Crippen LogP contribution in [0.1, 0.15) is 155 Å². The fourth-order valence-electron chi connectivity index (χ4n) is 9.10. The molecule has 0 aromatic heterocycles. The van der Waals surface area contributed by atoms with Crippen molar-refractivity contribution in [1.29, 1.82) is 0 Å². The highest BCUT2D eigenvalue weighted by Crippen LogP contribution is 2.29. The van der Waals surface area contributed by atoms with Crippen molar-refractivity contribution in [2.75, 3.05) is 39.6 Å². The maximum absolute atomic E-state index is 14.8. The van der Waals surface area contributed by atoms with E-state index in [4.69, 9.17) is 28.4 Å². The van der Waals surface area contributed by atoms with Crippen LogP contribution in [0.4, 0.5) is 0 Å². The van der Waals surface area contributed by atoms with Gasteiger partial charge in [0.1, 0.15) is 78.8 Å². The topological polar surface area (TPSA) is 327 Å². The Bertz CT molecular complexity index is 1180. The van der Waals surface area contributed by atoms with Crippen molar-refractivity contribution in [1.82, 2.24) is 5.32 Å². The second kappa shape index (κ2) is 33.5. The Balaban J connectivity index is 1.94. The molecule has 0 radical (unpaired) electrons. The molecule has 1 amide bonds. The molecule has 68 heavy (non-hydrogen) atoms. The average molecular weight is 986 g/mol. The minimum Gasteiger partial charge on any atom is -0.394 e. The van der Waals surface area contributed by atoms with Crippen molar-refractivity contribution in [3.05, 3.63) is 0 Å². The zero-order valence-corrected chi connectivity index (χ0v) is 40.8. The van der Waals surface area contributed by atoms with Gasteiger partial charge in [-0.1, -0.05) is 142 Å². The Hall–Kier alpha value is -1.25. The van der Waals surface area contributed by atoms with E-state index in [0.717, 1.165) is 64.2 Å². The molecule has 3 rings (SSSR count). The number of aliphatic hydroxyl groups excluding tert-OH is 12. The molecule has 0 aliphatic carbocycles. The van der Waals surface area contributed by atoms with Crippen LogP contribution >= 0.6 is 0 Å². The summed E-state index contributed by atoms with van der Waals surface area (Å²) in [7, 11) is 0. The van der Waals surface area contributed by atoms with Gasteiger partial charge in [-0.3, -0.25) is 4.79 Å². The van der Waals surface area contributed by atoms with Crippen LogP contribution < -0.4 is 5.32 Å². The molecule has 3 aliphatic rings. The number of aliphatic hydroxyl groups is 12. The van der Waals surface area contributed by atoms with Crippen molar-refractivity contribution >= 4 is 5.91 Å². The molecule has 20 nitrogen and oxygen atoms in total. The SMILES string of the molecule is CCCCCCCCCCCCC(CCCCCCCCCCCC)C(=O)NC(COC1OC(CO)C(O)C(O)C1O)(COC1OC(CO)C(O)C(O)C1O)COC1OC(CO)C(O)C(O)C1O. The smallest absolute Gasteiger partial charge is 0.223 e. The first-order valence-electron chi connectivity index (χ1n) is 25.8. The molecule has 15 unspecified atom stereocenters. The molecule has 0 aromatic rings. The Morgan fingerprint density at radius 1 is 0.426 bits per heavy atom. The van der Waals surface area contributed by atoms with Crippen LogP contribution in [0.2, 0.25) is 0 Å². The van der Waals surface area contributed by atoms with E-state index < -0.39 is 149 Å². The predicted octanol–water partition coefficient (Wildman–Crippen LogP) is 0.529. The quantitative estimate of drug-likeness (QED) is 0.0381. The third kappa shape index (κ3) is 19.6. The highest BCUT2D eigenvalue weighted by Gasteiger charge is 2.50. The lowest BCUT2D eigenvalue weighted by atomic mass is 9.91. The van der Waals surface area contributed by atoms with Crippen LogP contribution in [-0.2, 0) is 33.2 Å². The normalized spacial score (nSPS) is 33.2. The van der Waals surface area contributed by atoms with Gasteiger partial charge in [0, 0.05) is 5.92 Å². The first-order valence-corrected chi connectivity index (χ1v) is 25.8. The van der Waals surface area contributed by atoms with Gasteiger partial charge in [-0.15, -0.1) is 0 Å². The summed E-state index contributed by atoms with van der Waals surface area (Å²) >= 11 is 0. The summed E-state index contributed by atoms with van der Waals surface area (Å²) in [6, 6.07) is 0. The van der Waals surface area contributed by atoms with Crippen molar-refractivity contribution < 1.29 is 94.5 Å². The Morgan fingerprint density at radius 3 is 0.956 bits per heavy atom. The van der Waals surface area contributed by atoms with Gasteiger partial charge in [-0.05, 0) is 12.8 Å². The standard InChI is InChI=1S/C48H91NO19/c1-3-5-7-9-11-13-15-17-19-21-23-31(24-22-20-18-16-14-12-10-8-6-4-2)44(62)49-48(28-63-45-41(59)38(56)35(53)32(25-50)66-45,29-64-46-42(60)39(57)36(54)33(26-51)67-46)30-65-47-43(61)40(58)37(55)34(27-52)68-47/h31-43,45-47,50-61H,3-30H2,1-2H3,(H,49,62). The maximum atomic E-state index is 14.8. The van der Waals surface area contributed by atoms with E-state index in [0.29, 0.717) is 12.8 Å². The molecule has 3 fully saturated rings. The number of amides is 1. The number of carbonyl (C=O) groups excluding carboxylic acids is 1. The summed E-state index contributed by atoms with van der Waals surface area (Å²) in [4.78, 5) is 14.8. The molecule has 0 bridgehead atoms. The number of carbonyl (C=O) groups is 1. The van der Waals surface area contributed by atoms with Crippen LogP contribution in [-0.4, -0.2) is 204 Å². The summed E-state index contributed by atoms with van der Waals surface area (Å²) < 4.78 is 34.9. The van der Waals surface area contributed by atoms with Crippen LogP contribution in [0.3, 0.4) is 0 Å². The number of nitrogens with one attached hydrogen (secondary N) is 1. The van der Waals surface area contributed by atoms with Crippen LogP contribution in [0.5, 0.6) is 0 Å². The van der Waals surface area contributed by atoms with Gasteiger partial charge in [-0.25, -0.2) is 0 Å². The van der Waals surface area contributed by atoms with E-state index in [1.54, 1.807) is 0 Å². The third-order valence-corrected chi connectivity index (χ3v) is 13.7. The van der Waals surface area contributed by atoms with Crippen molar-refractivity contribution in [2.45, 2.75) is 253 Å². The van der Waals surface area contributed by atoms with E-state index in [-0.39, 0.29) is 0 Å². The lowest BCUT2D eigenvalue weighted by Crippen LogP contribution is -2.65. The molecule has 20 heteroatoms. The van der Waals surface area contributed by atoms with Crippen LogP contribution in [0.25, 0.3) is 0 Å². The predicted molar refractivity (Wildman–Crippen MR) is 246 cm³/mol. The van der Waals surface area contributed by atoms with Gasteiger partial charge in [-0.2, -0.15) is 0 Å². The van der Waals surface area contributed by atoms with Crippen LogP contribution in [0, 0.1) is 5.92 Å². The fourth-order valence-corrected chi connectivity index (χ4v) is 9.10. The van der Waals surface area contributed by atoms with Crippen LogP contribution in [0.15, 0.2) is 0 Å². The summed E-state index contributed by atoms with van der Waals surface area (Å²) in [5.41, 5.74) is -1.96. The largest absolute Gasteiger partial charge is 0.394 e. The number of hydrogen-bond donors (Lipinski definition) is 13. The van der Waals surface area contributed by atoms with Crippen molar-refractivity contribution in [2.24, 2.45) is 5.92 Å². The highest BCUT2D eigenvalue weighted by atomic mass is 16.7. The lowest BCUT2D eigenvalue weighted by molar-refractivity contribution is -0.324. The summed E-state index contributed by atoms with van der Waals surface area (Å²) in [5, 5.41) is 129. The van der Waals surface area contributed by atoms with Gasteiger partial charge in [0.15, 0.2) is 18.9 Å². The summed E-state index contributed by atoms with van der Waals surface area (Å²) in [6.07, 6.45) is -2.60. The summed E-state index contributed by atoms with van der Waals surface area (Å²) in [5.74, 6) is -1.02. The van der Waals surface area contributed by atoms with E-state index in [1.165, 1.54) is 64.2 Å². The van der Waals surface area contributed by atoms with Gasteiger partial charge in [0.25, 0.3) is 0 Å². The van der Waals surface area contributed by atoms with Crippen molar-refractivity contribution in [3.8, 4) is 0 Å². The third-order valence-electron chi connectivity index (χ3n) is 13.7. The molecule has 0 spiro atoms. The number of unbranched alkanes of at least 4 members (excludes halogenated alkanes) is 18. The van der Waals surface area contributed by atoms with Crippen molar-refractivity contribution in [3.63, 3.8) is 0 Å². The lowest BCUT2D eigenvalue weighted by Gasteiger charge is -2.45. The van der Waals surface area contributed by atoms with E-state index in [9.17, 15) is 66.1 Å². The molecule has 3 saturated heterocycles. The van der Waals surface area contributed by atoms with E-state index >= 15 is 0 Å². The van der Waals surface area contributed by atoms with Gasteiger partial charge < -0.3 is 95.0 Å². The minimum atomic E-state index is -1.96. The van der Waals surface area contributed by atoms with Gasteiger partial charge >= 0.3 is 0 Å². The fraction of sp³-hybridized carbons (Fsp3) is 0.979. The molecule has 15 atom stereocenters. The number of hydrogen-bond acceptors (Lipinski definition) is 19. The molecule has 0 aromatic carbocycles. The monoisotopic (exact) mass is 986 g/mol. The first kappa shape index (κ1) is 61.1. The average Bonchev–Trinajstić information content (AvgIpc) is 3.33. The minimum absolute atomic E-state index is 0.468. The molecule has 3 heterocycles.